The maximum absolute atomic E-state index is 13.7. The number of fused-ring (bicyclic) bond motifs is 2. The van der Waals surface area contributed by atoms with E-state index >= 15 is 0 Å². The molecular weight excluding hydrogens is 518 g/mol. The Morgan fingerprint density at radius 1 is 1.16 bits per heavy atom. The lowest BCUT2D eigenvalue weighted by Crippen LogP contribution is -2.51. The number of sulfonamides is 1. The van der Waals surface area contributed by atoms with Crippen molar-refractivity contribution < 1.29 is 13.2 Å². The molecule has 2 aliphatic heterocycles. The molecule has 10 nitrogen and oxygen atoms in total. The Kier molecular flexibility index (Phi) is 6.99. The average molecular weight is 550 g/mol. The molecule has 1 atom stereocenters. The Balaban J connectivity index is 1.66. The zero-order valence-corrected chi connectivity index (χ0v) is 22.9. The largest absolute Gasteiger partial charge is 0.493 e. The first-order valence-electron chi connectivity index (χ1n) is 12.7. The van der Waals surface area contributed by atoms with Crippen LogP contribution in [0.2, 0.25) is 5.02 Å². The Bertz CT molecular complexity index is 1570. The van der Waals surface area contributed by atoms with E-state index in [2.05, 4.69) is 9.88 Å². The zero-order valence-electron chi connectivity index (χ0n) is 21.3. The van der Waals surface area contributed by atoms with Crippen molar-refractivity contribution in [2.24, 2.45) is 7.05 Å². The van der Waals surface area contributed by atoms with E-state index in [4.69, 9.17) is 16.3 Å². The molecule has 2 aromatic heterocycles. The first kappa shape index (κ1) is 26.0. The molecule has 0 saturated carbocycles. The van der Waals surface area contributed by atoms with Crippen LogP contribution < -0.4 is 16.0 Å². The predicted molar refractivity (Wildman–Crippen MR) is 143 cm³/mol. The second-order valence-electron chi connectivity index (χ2n) is 9.62. The van der Waals surface area contributed by atoms with Gasteiger partial charge in [-0.25, -0.2) is 13.2 Å². The lowest BCUT2D eigenvalue weighted by molar-refractivity contribution is 0.158. The van der Waals surface area contributed by atoms with Crippen molar-refractivity contribution >= 4 is 32.7 Å². The van der Waals surface area contributed by atoms with E-state index in [9.17, 15) is 18.0 Å². The van der Waals surface area contributed by atoms with E-state index in [0.717, 1.165) is 30.5 Å². The summed E-state index contributed by atoms with van der Waals surface area (Å²) in [6, 6.07) is 4.97. The lowest BCUT2D eigenvalue weighted by atomic mass is 10.1. The van der Waals surface area contributed by atoms with Gasteiger partial charge in [-0.3, -0.25) is 18.8 Å². The molecule has 5 rings (SSSR count). The SMILES string of the molecule is CCCn1c(=O)n(C)c(=O)c2[nH]c(-c3cc(S(=O)(=O)N4CCN5CCCC5C4)ccc3OCC)c(Cl)c21. The quantitative estimate of drug-likeness (QED) is 0.485. The summed E-state index contributed by atoms with van der Waals surface area (Å²) >= 11 is 6.82. The van der Waals surface area contributed by atoms with E-state index in [-0.39, 0.29) is 21.5 Å². The van der Waals surface area contributed by atoms with Gasteiger partial charge in [-0.1, -0.05) is 18.5 Å². The third-order valence-corrected chi connectivity index (χ3v) is 9.60. The van der Waals surface area contributed by atoms with Crippen LogP contribution in [0.15, 0.2) is 32.7 Å². The first-order valence-corrected chi connectivity index (χ1v) is 14.5. The molecule has 0 aliphatic carbocycles. The molecule has 200 valence electrons. The highest BCUT2D eigenvalue weighted by atomic mass is 35.5. The van der Waals surface area contributed by atoms with Crippen LogP contribution in [0.1, 0.15) is 33.1 Å². The number of benzene rings is 1. The number of rotatable bonds is 7. The highest BCUT2D eigenvalue weighted by Crippen LogP contribution is 2.40. The molecule has 1 unspecified atom stereocenters. The number of aromatic amines is 1. The maximum atomic E-state index is 13.7. The first-order chi connectivity index (χ1) is 17.7. The van der Waals surface area contributed by atoms with Gasteiger partial charge in [-0.15, -0.1) is 0 Å². The molecule has 2 fully saturated rings. The van der Waals surface area contributed by atoms with Gasteiger partial charge in [-0.2, -0.15) is 4.31 Å². The number of aromatic nitrogens is 3. The van der Waals surface area contributed by atoms with Crippen molar-refractivity contribution in [3.63, 3.8) is 0 Å². The second-order valence-corrected chi connectivity index (χ2v) is 11.9. The molecule has 0 spiro atoms. The van der Waals surface area contributed by atoms with Crippen molar-refractivity contribution in [3.05, 3.63) is 44.1 Å². The number of piperazine rings is 1. The molecule has 0 amide bonds. The topological polar surface area (TPSA) is 110 Å². The standard InChI is InChI=1S/C25H32ClN5O5S/c1-4-10-31-23-20(26)21(27-22(23)24(32)28(3)25(31)33)18-14-17(8-9-19(18)36-5-2)37(34,35)30-13-12-29-11-6-7-16(29)15-30/h8-9,14,16,27H,4-7,10-13,15H2,1-3H3. The van der Waals surface area contributed by atoms with E-state index < -0.39 is 21.3 Å². The van der Waals surface area contributed by atoms with Crippen molar-refractivity contribution in [2.75, 3.05) is 32.8 Å². The van der Waals surface area contributed by atoms with Gasteiger partial charge in [-0.05, 0) is 50.9 Å². The summed E-state index contributed by atoms with van der Waals surface area (Å²) in [5, 5.41) is 0.174. The van der Waals surface area contributed by atoms with Crippen LogP contribution >= 0.6 is 11.6 Å². The highest BCUT2D eigenvalue weighted by Gasteiger charge is 2.36. The van der Waals surface area contributed by atoms with E-state index in [0.29, 0.717) is 55.2 Å². The zero-order chi connectivity index (χ0) is 26.5. The Morgan fingerprint density at radius 3 is 2.68 bits per heavy atom. The number of hydrogen-bond donors (Lipinski definition) is 1. The van der Waals surface area contributed by atoms with Crippen LogP contribution in [0.4, 0.5) is 0 Å². The van der Waals surface area contributed by atoms with Gasteiger partial charge in [0.25, 0.3) is 5.56 Å². The van der Waals surface area contributed by atoms with Crippen LogP contribution in [0.3, 0.4) is 0 Å². The number of nitrogens with zero attached hydrogens (tertiary/aromatic N) is 4. The van der Waals surface area contributed by atoms with Gasteiger partial charge in [0.1, 0.15) is 11.3 Å². The van der Waals surface area contributed by atoms with Gasteiger partial charge in [0, 0.05) is 44.8 Å². The highest BCUT2D eigenvalue weighted by molar-refractivity contribution is 7.89. The third-order valence-electron chi connectivity index (χ3n) is 7.38. The minimum absolute atomic E-state index is 0.131. The number of halogens is 1. The molecule has 12 heteroatoms. The summed E-state index contributed by atoms with van der Waals surface area (Å²) in [6.45, 7) is 7.14. The van der Waals surface area contributed by atoms with Crippen molar-refractivity contribution in [2.45, 2.75) is 50.6 Å². The minimum Gasteiger partial charge on any atom is -0.493 e. The Hall–Kier alpha value is -2.60. The molecule has 2 saturated heterocycles. The van der Waals surface area contributed by atoms with Crippen LogP contribution in [0.25, 0.3) is 22.3 Å². The van der Waals surface area contributed by atoms with E-state index in [1.54, 1.807) is 22.5 Å². The molecule has 0 bridgehead atoms. The molecule has 1 N–H and O–H groups in total. The van der Waals surface area contributed by atoms with Gasteiger partial charge in [0.05, 0.1) is 27.7 Å². The van der Waals surface area contributed by atoms with Crippen LogP contribution in [0.5, 0.6) is 5.75 Å². The number of nitrogens with one attached hydrogen (secondary N) is 1. The normalized spacial score (nSPS) is 19.0. The smallest absolute Gasteiger partial charge is 0.331 e. The molecule has 1 aromatic carbocycles. The van der Waals surface area contributed by atoms with E-state index in [1.807, 2.05) is 13.8 Å². The third kappa shape index (κ3) is 4.31. The summed E-state index contributed by atoms with van der Waals surface area (Å²) in [4.78, 5) is 31.4. The number of ether oxygens (including phenoxy) is 1. The van der Waals surface area contributed by atoms with E-state index in [1.165, 1.54) is 11.6 Å². The van der Waals surface area contributed by atoms with Gasteiger partial charge < -0.3 is 9.72 Å². The van der Waals surface area contributed by atoms with Crippen LogP contribution in [-0.4, -0.2) is 70.6 Å². The van der Waals surface area contributed by atoms with Crippen LogP contribution in [-0.2, 0) is 23.6 Å². The summed E-state index contributed by atoms with van der Waals surface area (Å²) in [7, 11) is -2.35. The molecule has 4 heterocycles. The second kappa shape index (κ2) is 9.94. The van der Waals surface area contributed by atoms with Crippen molar-refractivity contribution in [3.8, 4) is 17.0 Å². The molecular formula is C25H32ClN5O5S. The maximum Gasteiger partial charge on any atom is 0.331 e. The van der Waals surface area contributed by atoms with Crippen molar-refractivity contribution in [1.82, 2.24) is 23.3 Å². The minimum atomic E-state index is -3.77. The fourth-order valence-electron chi connectivity index (χ4n) is 5.50. The lowest BCUT2D eigenvalue weighted by Gasteiger charge is -2.36. The number of aryl methyl sites for hydroxylation is 1. The summed E-state index contributed by atoms with van der Waals surface area (Å²) in [5.41, 5.74) is 0.283. The van der Waals surface area contributed by atoms with Crippen molar-refractivity contribution in [1.29, 1.82) is 0 Å². The molecule has 37 heavy (non-hydrogen) atoms. The predicted octanol–water partition coefficient (Wildman–Crippen LogP) is 2.63. The average Bonchev–Trinajstić information content (AvgIpc) is 3.49. The monoisotopic (exact) mass is 549 g/mol. The molecule has 3 aromatic rings. The van der Waals surface area contributed by atoms with Gasteiger partial charge in [0.15, 0.2) is 0 Å². The summed E-state index contributed by atoms with van der Waals surface area (Å²) in [5.74, 6) is 0.428. The van der Waals surface area contributed by atoms with Gasteiger partial charge >= 0.3 is 5.69 Å². The Labute approximate surface area is 220 Å². The molecule has 2 aliphatic rings. The number of H-pyrrole nitrogens is 1. The fourth-order valence-corrected chi connectivity index (χ4v) is 7.34. The molecule has 0 radical (unpaired) electrons. The van der Waals surface area contributed by atoms with Crippen LogP contribution in [0, 0.1) is 0 Å². The number of hydrogen-bond acceptors (Lipinski definition) is 6. The summed E-state index contributed by atoms with van der Waals surface area (Å²) in [6.07, 6.45) is 2.75. The Morgan fingerprint density at radius 2 is 1.95 bits per heavy atom. The fraction of sp³-hybridized carbons (Fsp3) is 0.520. The van der Waals surface area contributed by atoms with Gasteiger partial charge in [0.2, 0.25) is 10.0 Å². The summed E-state index contributed by atoms with van der Waals surface area (Å²) < 4.78 is 37.3.